The summed E-state index contributed by atoms with van der Waals surface area (Å²) in [6.07, 6.45) is 0. The van der Waals surface area contributed by atoms with Crippen LogP contribution in [0.25, 0.3) is 10.9 Å². The van der Waals surface area contributed by atoms with Crippen LogP contribution in [0.15, 0.2) is 42.5 Å². The Morgan fingerprint density at radius 2 is 1.71 bits per heavy atom. The van der Waals surface area contributed by atoms with Crippen molar-refractivity contribution < 1.29 is 18.4 Å². The van der Waals surface area contributed by atoms with Crippen LogP contribution in [0.5, 0.6) is 0 Å². The molecule has 0 saturated heterocycles. The van der Waals surface area contributed by atoms with Gasteiger partial charge in [0, 0.05) is 22.0 Å². The highest BCUT2D eigenvalue weighted by Crippen LogP contribution is 2.20. The maximum atomic E-state index is 13.5. The molecular formula is C16H10ClF2N3O2. The molecule has 0 atom stereocenters. The lowest BCUT2D eigenvalue weighted by Gasteiger charge is -2.07. The van der Waals surface area contributed by atoms with Crippen molar-refractivity contribution in [1.82, 2.24) is 15.8 Å². The molecule has 0 unspecified atom stereocenters. The van der Waals surface area contributed by atoms with E-state index in [9.17, 15) is 18.4 Å². The summed E-state index contributed by atoms with van der Waals surface area (Å²) in [5.41, 5.74) is 4.71. The van der Waals surface area contributed by atoms with Gasteiger partial charge in [0.2, 0.25) is 0 Å². The van der Waals surface area contributed by atoms with Crippen LogP contribution in [-0.4, -0.2) is 16.8 Å². The standard InChI is InChI=1S/C16H10ClF2N3O2/c17-9-1-4-13-8(5-9)6-14(20-13)16(24)22-21-15(23)11-3-2-10(18)7-12(11)19/h1-7,20H,(H,21,23)(H,22,24). The van der Waals surface area contributed by atoms with Crippen molar-refractivity contribution in [3.05, 3.63) is 70.4 Å². The third-order valence-corrected chi connectivity index (χ3v) is 3.53. The second-order valence-electron chi connectivity index (χ2n) is 4.95. The van der Waals surface area contributed by atoms with Gasteiger partial charge in [0.25, 0.3) is 11.8 Å². The summed E-state index contributed by atoms with van der Waals surface area (Å²) >= 11 is 5.87. The first-order valence-corrected chi connectivity index (χ1v) is 7.16. The van der Waals surface area contributed by atoms with Gasteiger partial charge in [-0.3, -0.25) is 20.4 Å². The zero-order valence-electron chi connectivity index (χ0n) is 12.0. The lowest BCUT2D eigenvalue weighted by molar-refractivity contribution is 0.0842. The number of hydrogen-bond donors (Lipinski definition) is 3. The molecule has 0 fully saturated rings. The number of aromatic nitrogens is 1. The molecule has 5 nitrogen and oxygen atoms in total. The van der Waals surface area contributed by atoms with E-state index in [1.54, 1.807) is 24.3 Å². The summed E-state index contributed by atoms with van der Waals surface area (Å²) in [4.78, 5) is 26.7. The van der Waals surface area contributed by atoms with Crippen LogP contribution in [0.1, 0.15) is 20.8 Å². The van der Waals surface area contributed by atoms with Crippen molar-refractivity contribution in [3.8, 4) is 0 Å². The molecule has 8 heteroatoms. The number of carbonyl (C=O) groups excluding carboxylic acids is 2. The molecule has 0 spiro atoms. The monoisotopic (exact) mass is 349 g/mol. The highest BCUT2D eigenvalue weighted by Gasteiger charge is 2.15. The van der Waals surface area contributed by atoms with Gasteiger partial charge < -0.3 is 4.98 Å². The maximum Gasteiger partial charge on any atom is 0.286 e. The Hall–Kier alpha value is -2.93. The number of nitrogens with one attached hydrogen (secondary N) is 3. The molecule has 0 radical (unpaired) electrons. The van der Waals surface area contributed by atoms with Crippen molar-refractivity contribution in [3.63, 3.8) is 0 Å². The lowest BCUT2D eigenvalue weighted by atomic mass is 10.2. The average Bonchev–Trinajstić information content (AvgIpc) is 2.95. The van der Waals surface area contributed by atoms with Crippen molar-refractivity contribution in [2.45, 2.75) is 0 Å². The minimum Gasteiger partial charge on any atom is -0.350 e. The first-order valence-electron chi connectivity index (χ1n) is 6.78. The van der Waals surface area contributed by atoms with Crippen LogP contribution >= 0.6 is 11.6 Å². The van der Waals surface area contributed by atoms with E-state index >= 15 is 0 Å². The Labute approximate surface area is 139 Å². The van der Waals surface area contributed by atoms with E-state index in [2.05, 4.69) is 15.8 Å². The molecule has 1 heterocycles. The lowest BCUT2D eigenvalue weighted by Crippen LogP contribution is -2.42. The van der Waals surface area contributed by atoms with Gasteiger partial charge >= 0.3 is 0 Å². The zero-order valence-corrected chi connectivity index (χ0v) is 12.7. The van der Waals surface area contributed by atoms with E-state index in [1.807, 2.05) is 0 Å². The Morgan fingerprint density at radius 3 is 2.46 bits per heavy atom. The Morgan fingerprint density at radius 1 is 0.958 bits per heavy atom. The molecule has 0 aliphatic carbocycles. The maximum absolute atomic E-state index is 13.5. The van der Waals surface area contributed by atoms with Crippen LogP contribution in [0.2, 0.25) is 5.02 Å². The summed E-state index contributed by atoms with van der Waals surface area (Å²) in [6, 6.07) is 9.12. The van der Waals surface area contributed by atoms with E-state index in [1.165, 1.54) is 0 Å². The van der Waals surface area contributed by atoms with E-state index in [4.69, 9.17) is 11.6 Å². The summed E-state index contributed by atoms with van der Waals surface area (Å²) in [7, 11) is 0. The molecule has 0 aliphatic rings. The molecule has 2 aromatic carbocycles. The minimum atomic E-state index is -1.03. The predicted octanol–water partition coefficient (Wildman–Crippen LogP) is 3.17. The van der Waals surface area contributed by atoms with Gasteiger partial charge in [0.1, 0.15) is 17.3 Å². The second-order valence-corrected chi connectivity index (χ2v) is 5.38. The quantitative estimate of drug-likeness (QED) is 0.622. The number of amides is 2. The fourth-order valence-electron chi connectivity index (χ4n) is 2.15. The molecule has 3 aromatic rings. The van der Waals surface area contributed by atoms with Gasteiger partial charge in [-0.15, -0.1) is 0 Å². The summed E-state index contributed by atoms with van der Waals surface area (Å²) < 4.78 is 26.3. The number of benzene rings is 2. The largest absolute Gasteiger partial charge is 0.350 e. The number of H-pyrrole nitrogens is 1. The normalized spacial score (nSPS) is 10.6. The molecule has 24 heavy (non-hydrogen) atoms. The van der Waals surface area contributed by atoms with Crippen molar-refractivity contribution in [2.24, 2.45) is 0 Å². The predicted molar refractivity (Wildman–Crippen MR) is 84.6 cm³/mol. The Kier molecular flexibility index (Phi) is 4.18. The van der Waals surface area contributed by atoms with E-state index < -0.39 is 23.4 Å². The van der Waals surface area contributed by atoms with Gasteiger partial charge in [-0.05, 0) is 36.4 Å². The van der Waals surface area contributed by atoms with Gasteiger partial charge in [0.15, 0.2) is 0 Å². The van der Waals surface area contributed by atoms with E-state index in [0.29, 0.717) is 16.6 Å². The molecule has 0 bridgehead atoms. The third-order valence-electron chi connectivity index (χ3n) is 3.29. The highest BCUT2D eigenvalue weighted by atomic mass is 35.5. The molecular weight excluding hydrogens is 340 g/mol. The SMILES string of the molecule is O=C(NNC(=O)c1ccc(F)cc1F)c1cc2cc(Cl)ccc2[nH]1. The van der Waals surface area contributed by atoms with Gasteiger partial charge in [-0.25, -0.2) is 8.78 Å². The zero-order chi connectivity index (χ0) is 17.3. The van der Waals surface area contributed by atoms with Crippen LogP contribution in [0.3, 0.4) is 0 Å². The van der Waals surface area contributed by atoms with Crippen LogP contribution < -0.4 is 10.9 Å². The molecule has 122 valence electrons. The van der Waals surface area contributed by atoms with Crippen LogP contribution in [-0.2, 0) is 0 Å². The van der Waals surface area contributed by atoms with E-state index in [-0.39, 0.29) is 11.3 Å². The highest BCUT2D eigenvalue weighted by molar-refractivity contribution is 6.31. The Bertz CT molecular complexity index is 956. The van der Waals surface area contributed by atoms with Crippen molar-refractivity contribution in [2.75, 3.05) is 0 Å². The summed E-state index contributed by atoms with van der Waals surface area (Å²) in [6.45, 7) is 0. The molecule has 2 amide bonds. The summed E-state index contributed by atoms with van der Waals surface area (Å²) in [5, 5.41) is 1.25. The van der Waals surface area contributed by atoms with Gasteiger partial charge in [-0.1, -0.05) is 11.6 Å². The number of fused-ring (bicyclic) bond motifs is 1. The first kappa shape index (κ1) is 15.9. The van der Waals surface area contributed by atoms with Crippen LogP contribution in [0.4, 0.5) is 8.78 Å². The van der Waals surface area contributed by atoms with Crippen molar-refractivity contribution >= 4 is 34.3 Å². The topological polar surface area (TPSA) is 74.0 Å². The van der Waals surface area contributed by atoms with Gasteiger partial charge in [0.05, 0.1) is 5.56 Å². The summed E-state index contributed by atoms with van der Waals surface area (Å²) in [5.74, 6) is -3.36. The molecule has 1 aromatic heterocycles. The first-order chi connectivity index (χ1) is 11.4. The molecule has 3 N–H and O–H groups in total. The molecule has 3 rings (SSSR count). The Balaban J connectivity index is 1.71. The molecule has 0 saturated carbocycles. The van der Waals surface area contributed by atoms with Crippen molar-refractivity contribution in [1.29, 1.82) is 0 Å². The van der Waals surface area contributed by atoms with E-state index in [0.717, 1.165) is 17.5 Å². The number of halogens is 3. The second kappa shape index (κ2) is 6.29. The third kappa shape index (κ3) is 3.21. The number of carbonyl (C=O) groups is 2. The average molecular weight is 350 g/mol. The number of aromatic amines is 1. The number of hydrogen-bond acceptors (Lipinski definition) is 2. The van der Waals surface area contributed by atoms with Gasteiger partial charge in [-0.2, -0.15) is 0 Å². The minimum absolute atomic E-state index is 0.187. The number of rotatable bonds is 2. The fourth-order valence-corrected chi connectivity index (χ4v) is 2.33. The van der Waals surface area contributed by atoms with Crippen LogP contribution in [0, 0.1) is 11.6 Å². The molecule has 0 aliphatic heterocycles. The number of hydrazine groups is 1. The smallest absolute Gasteiger partial charge is 0.286 e. The fraction of sp³-hybridized carbons (Fsp3) is 0.